The second-order valence-corrected chi connectivity index (χ2v) is 15.1. The van der Waals surface area contributed by atoms with Gasteiger partial charge < -0.3 is 5.32 Å². The highest BCUT2D eigenvalue weighted by Crippen LogP contribution is 2.50. The number of nitrogens with zero attached hydrogens (tertiary/aromatic N) is 2. The third-order valence-electron chi connectivity index (χ3n) is 11.0. The number of hydrogen-bond donors (Lipinski definition) is 3. The number of amidine groups is 2. The molecule has 8 aromatic rings. The fourth-order valence-corrected chi connectivity index (χ4v) is 7.99. The van der Waals surface area contributed by atoms with E-state index in [0.29, 0.717) is 11.5 Å². The molecule has 3 N–H and O–H groups in total. The summed E-state index contributed by atoms with van der Waals surface area (Å²) in [5, 5.41) is 24.0. The molecule has 9 rings (SSSR count). The van der Waals surface area contributed by atoms with Crippen LogP contribution in [0.4, 0.5) is 11.4 Å². The fraction of sp³-hybridized carbons (Fsp3) is 0.0566. The number of rotatable bonds is 8. The second kappa shape index (κ2) is 15.2. The quantitative estimate of drug-likeness (QED) is 0.105. The second-order valence-electron chi connectivity index (χ2n) is 15.1. The van der Waals surface area contributed by atoms with E-state index in [9.17, 15) is 5.41 Å². The number of para-hydroxylation sites is 1. The van der Waals surface area contributed by atoms with Crippen LogP contribution in [0.2, 0.25) is 0 Å². The largest absolute Gasteiger partial charge is 0.355 e. The molecule has 0 aromatic heterocycles. The predicted octanol–water partition coefficient (Wildman–Crippen LogP) is 12.9. The number of aliphatic imine (C=N–C) groups is 2. The monoisotopic (exact) mass is 747 g/mol. The van der Waals surface area contributed by atoms with Crippen molar-refractivity contribution >= 4 is 45.7 Å². The highest BCUT2D eigenvalue weighted by molar-refractivity contribution is 6.22. The number of anilines is 2. The molecule has 0 spiro atoms. The van der Waals surface area contributed by atoms with E-state index in [0.717, 1.165) is 61.1 Å². The van der Waals surface area contributed by atoms with Gasteiger partial charge in [-0.1, -0.05) is 166 Å². The summed E-state index contributed by atoms with van der Waals surface area (Å²) in [6.07, 6.45) is 1.85. The zero-order valence-corrected chi connectivity index (χ0v) is 32.4. The average Bonchev–Trinajstić information content (AvgIpc) is 3.50. The van der Waals surface area contributed by atoms with Crippen molar-refractivity contribution in [2.24, 2.45) is 9.98 Å². The van der Waals surface area contributed by atoms with Gasteiger partial charge in [0.2, 0.25) is 0 Å². The Morgan fingerprint density at radius 1 is 0.552 bits per heavy atom. The molecule has 0 aliphatic heterocycles. The zero-order valence-electron chi connectivity index (χ0n) is 32.4. The lowest BCUT2D eigenvalue weighted by Crippen LogP contribution is -2.15. The first-order chi connectivity index (χ1) is 28.3. The molecule has 0 atom stereocenters. The Balaban J connectivity index is 1.02. The Morgan fingerprint density at radius 2 is 1.17 bits per heavy atom. The van der Waals surface area contributed by atoms with Gasteiger partial charge in [0.25, 0.3) is 0 Å². The molecule has 0 fully saturated rings. The van der Waals surface area contributed by atoms with Crippen LogP contribution in [0.5, 0.6) is 0 Å². The van der Waals surface area contributed by atoms with Gasteiger partial charge in [0.15, 0.2) is 11.7 Å². The predicted molar refractivity (Wildman–Crippen MR) is 243 cm³/mol. The number of benzene rings is 8. The van der Waals surface area contributed by atoms with Gasteiger partial charge >= 0.3 is 0 Å². The Kier molecular flexibility index (Phi) is 9.48. The van der Waals surface area contributed by atoms with Crippen LogP contribution < -0.4 is 5.32 Å². The van der Waals surface area contributed by atoms with E-state index in [-0.39, 0.29) is 11.3 Å². The first-order valence-corrected chi connectivity index (χ1v) is 19.5. The molecule has 0 radical (unpaired) electrons. The van der Waals surface area contributed by atoms with Crippen molar-refractivity contribution in [1.82, 2.24) is 0 Å². The first-order valence-electron chi connectivity index (χ1n) is 19.5. The van der Waals surface area contributed by atoms with E-state index in [2.05, 4.69) is 103 Å². The highest BCUT2D eigenvalue weighted by atomic mass is 14.9. The molecule has 1 aliphatic carbocycles. The maximum atomic E-state index is 9.63. The molecule has 58 heavy (non-hydrogen) atoms. The van der Waals surface area contributed by atoms with Crippen molar-refractivity contribution in [3.8, 4) is 22.3 Å². The van der Waals surface area contributed by atoms with Crippen LogP contribution in [0, 0.1) is 10.8 Å². The van der Waals surface area contributed by atoms with Crippen molar-refractivity contribution in [3.63, 3.8) is 0 Å². The van der Waals surface area contributed by atoms with E-state index < -0.39 is 0 Å². The Hall–Kier alpha value is -7.50. The van der Waals surface area contributed by atoms with Gasteiger partial charge in [-0.05, 0) is 86.1 Å². The molecule has 0 heterocycles. The lowest BCUT2D eigenvalue weighted by Gasteiger charge is -2.22. The molecule has 5 nitrogen and oxygen atoms in total. The van der Waals surface area contributed by atoms with E-state index >= 15 is 0 Å². The van der Waals surface area contributed by atoms with E-state index in [1.54, 1.807) is 0 Å². The summed E-state index contributed by atoms with van der Waals surface area (Å²) in [7, 11) is 0. The van der Waals surface area contributed by atoms with E-state index in [1.165, 1.54) is 22.3 Å². The van der Waals surface area contributed by atoms with Gasteiger partial charge in [-0.2, -0.15) is 0 Å². The smallest absolute Gasteiger partial charge is 0.161 e. The summed E-state index contributed by atoms with van der Waals surface area (Å²) in [6, 6.07) is 63.6. The van der Waals surface area contributed by atoms with Crippen LogP contribution in [0.3, 0.4) is 0 Å². The van der Waals surface area contributed by atoms with E-state index in [1.807, 2.05) is 115 Å². The van der Waals surface area contributed by atoms with Crippen molar-refractivity contribution in [2.75, 3.05) is 5.32 Å². The highest BCUT2D eigenvalue weighted by Gasteiger charge is 2.35. The number of fused-ring (bicyclic) bond motifs is 4. The van der Waals surface area contributed by atoms with Gasteiger partial charge in [-0.25, -0.2) is 9.98 Å². The SMILES string of the molecule is CC1(C)c2cc(C=NC(=NC(=N)c3ccccc3)c3ccccc3)ccc2-c2ccc(-c3cccc(C(=N)c4c(Nc5ccccc5)ccc5ccccc45)c3)cc21. The molecular formula is C53H41N5. The normalized spacial score (nSPS) is 13.0. The van der Waals surface area contributed by atoms with Gasteiger partial charge in [-0.15, -0.1) is 0 Å². The van der Waals surface area contributed by atoms with Crippen molar-refractivity contribution in [3.05, 3.63) is 227 Å². The molecule has 1 aliphatic rings. The summed E-state index contributed by atoms with van der Waals surface area (Å²) in [5.74, 6) is 0.653. The van der Waals surface area contributed by atoms with Crippen molar-refractivity contribution < 1.29 is 0 Å². The summed E-state index contributed by atoms with van der Waals surface area (Å²) in [4.78, 5) is 9.51. The molecule has 5 heteroatoms. The van der Waals surface area contributed by atoms with Crippen LogP contribution in [0.25, 0.3) is 33.0 Å². The van der Waals surface area contributed by atoms with Crippen LogP contribution in [-0.4, -0.2) is 23.6 Å². The maximum Gasteiger partial charge on any atom is 0.161 e. The summed E-state index contributed by atoms with van der Waals surface area (Å²) in [5.41, 5.74) is 13.5. The third-order valence-corrected chi connectivity index (χ3v) is 11.0. The average molecular weight is 748 g/mol. The van der Waals surface area contributed by atoms with Crippen molar-refractivity contribution in [2.45, 2.75) is 19.3 Å². The summed E-state index contributed by atoms with van der Waals surface area (Å²) in [6.45, 7) is 4.57. The fourth-order valence-electron chi connectivity index (χ4n) is 7.99. The van der Waals surface area contributed by atoms with Crippen LogP contribution in [-0.2, 0) is 5.41 Å². The summed E-state index contributed by atoms with van der Waals surface area (Å²) < 4.78 is 0. The van der Waals surface area contributed by atoms with Crippen LogP contribution in [0.15, 0.2) is 198 Å². The molecule has 0 saturated carbocycles. The molecule has 8 aromatic carbocycles. The third kappa shape index (κ3) is 6.95. The topological polar surface area (TPSA) is 84.5 Å². The minimum Gasteiger partial charge on any atom is -0.355 e. The van der Waals surface area contributed by atoms with Crippen LogP contribution in [0.1, 0.15) is 52.8 Å². The number of nitrogens with one attached hydrogen (secondary N) is 3. The van der Waals surface area contributed by atoms with Gasteiger partial charge in [0.05, 0.1) is 5.71 Å². The minimum absolute atomic E-state index is 0.165. The lowest BCUT2D eigenvalue weighted by atomic mass is 9.81. The van der Waals surface area contributed by atoms with Gasteiger partial charge in [0, 0.05) is 45.3 Å². The van der Waals surface area contributed by atoms with Gasteiger partial charge in [-0.3, -0.25) is 10.8 Å². The summed E-state index contributed by atoms with van der Waals surface area (Å²) >= 11 is 0. The maximum absolute atomic E-state index is 9.63. The molecule has 278 valence electrons. The van der Waals surface area contributed by atoms with Crippen LogP contribution >= 0.6 is 0 Å². The molecule has 0 amide bonds. The molecular weight excluding hydrogens is 707 g/mol. The number of hydrogen-bond acceptors (Lipinski definition) is 3. The van der Waals surface area contributed by atoms with E-state index in [4.69, 9.17) is 10.4 Å². The van der Waals surface area contributed by atoms with Crippen molar-refractivity contribution in [1.29, 1.82) is 10.8 Å². The first kappa shape index (κ1) is 36.2. The molecule has 0 bridgehead atoms. The lowest BCUT2D eigenvalue weighted by molar-refractivity contribution is 0.660. The van der Waals surface area contributed by atoms with Gasteiger partial charge in [0.1, 0.15) is 0 Å². The zero-order chi connectivity index (χ0) is 39.6. The Bertz CT molecular complexity index is 2910. The minimum atomic E-state index is -0.262. The molecule has 0 saturated heterocycles. The molecule has 0 unspecified atom stereocenters. The Labute approximate surface area is 339 Å². The Morgan fingerprint density at radius 3 is 1.93 bits per heavy atom. The standard InChI is InChI=1S/C53H41N5/c1-53(2)46-31-35(34-56-52(38-18-8-4-9-19-38)58-51(55)37-16-6-3-7-17-37)25-28-44(46)45-29-26-40(33-47(45)53)39-20-14-21-41(32-39)50(54)49-43-24-13-12-15-36(43)27-30-48(49)57-42-22-10-5-11-23-42/h3-34,54-55,57H,1-2H3.